The minimum Gasteiger partial charge on any atom is -0.472 e. The summed E-state index contributed by atoms with van der Waals surface area (Å²) in [5, 5.41) is 10.0. The Labute approximate surface area is 107 Å². The van der Waals surface area contributed by atoms with Crippen molar-refractivity contribution in [2.24, 2.45) is 5.92 Å². The third kappa shape index (κ3) is 1.94. The van der Waals surface area contributed by atoms with Gasteiger partial charge in [-0.2, -0.15) is 0 Å². The second-order valence-corrected chi connectivity index (χ2v) is 5.38. The Kier molecular flexibility index (Phi) is 3.12. The number of likely N-dealkylation sites (tertiary alicyclic amines) is 1. The molecule has 2 fully saturated rings. The van der Waals surface area contributed by atoms with Gasteiger partial charge in [-0.1, -0.05) is 6.42 Å². The van der Waals surface area contributed by atoms with Gasteiger partial charge in [0.25, 0.3) is 5.91 Å². The maximum Gasteiger partial charge on any atom is 0.257 e. The first-order valence-electron chi connectivity index (χ1n) is 6.78. The lowest BCUT2D eigenvalue weighted by atomic mass is 9.94. The van der Waals surface area contributed by atoms with E-state index in [1.165, 1.54) is 12.5 Å². The number of rotatable bonds is 2. The molecule has 1 saturated heterocycles. The van der Waals surface area contributed by atoms with E-state index in [1.807, 2.05) is 4.90 Å². The van der Waals surface area contributed by atoms with Crippen LogP contribution in [0.25, 0.3) is 0 Å². The van der Waals surface area contributed by atoms with Gasteiger partial charge in [0.05, 0.1) is 17.9 Å². The minimum atomic E-state index is -0.229. The number of aliphatic hydroxyl groups excluding tert-OH is 1. The molecule has 0 spiro atoms. The van der Waals surface area contributed by atoms with Crippen molar-refractivity contribution in [1.82, 2.24) is 4.90 Å². The fourth-order valence-corrected chi connectivity index (χ4v) is 3.46. The number of nitrogens with zero attached hydrogens (tertiary/aromatic N) is 1. The van der Waals surface area contributed by atoms with E-state index < -0.39 is 0 Å². The Bertz CT molecular complexity index is 415. The summed E-state index contributed by atoms with van der Waals surface area (Å²) in [6.45, 7) is 0.803. The summed E-state index contributed by atoms with van der Waals surface area (Å²) in [7, 11) is 0. The van der Waals surface area contributed by atoms with Crippen LogP contribution in [-0.4, -0.2) is 34.6 Å². The van der Waals surface area contributed by atoms with Crippen LogP contribution in [0.15, 0.2) is 23.0 Å². The summed E-state index contributed by atoms with van der Waals surface area (Å²) in [6.07, 6.45) is 7.87. The second kappa shape index (κ2) is 4.76. The van der Waals surface area contributed by atoms with E-state index in [9.17, 15) is 9.90 Å². The number of carbonyl (C=O) groups is 1. The number of carbonyl (C=O) groups excluding carboxylic acids is 1. The Morgan fingerprint density at radius 1 is 1.33 bits per heavy atom. The van der Waals surface area contributed by atoms with E-state index >= 15 is 0 Å². The predicted octanol–water partition coefficient (Wildman–Crippen LogP) is 2.05. The van der Waals surface area contributed by atoms with Crippen LogP contribution in [-0.2, 0) is 0 Å². The van der Waals surface area contributed by atoms with Gasteiger partial charge in [-0.15, -0.1) is 0 Å². The average Bonchev–Trinajstić information content (AvgIpc) is 3.09. The topological polar surface area (TPSA) is 53.7 Å². The lowest BCUT2D eigenvalue weighted by molar-refractivity contribution is 0.0527. The molecule has 1 aromatic rings. The van der Waals surface area contributed by atoms with Crippen LogP contribution in [0.2, 0.25) is 0 Å². The van der Waals surface area contributed by atoms with Crippen molar-refractivity contribution in [3.8, 4) is 0 Å². The SMILES string of the molecule is O=C(c1ccoc1)N1CCCC1C1CCCC1O. The number of hydrogen-bond acceptors (Lipinski definition) is 3. The lowest BCUT2D eigenvalue weighted by Gasteiger charge is -2.31. The predicted molar refractivity (Wildman–Crippen MR) is 66.1 cm³/mol. The normalized spacial score (nSPS) is 32.1. The van der Waals surface area contributed by atoms with Crippen molar-refractivity contribution in [3.05, 3.63) is 24.2 Å². The summed E-state index contributed by atoms with van der Waals surface area (Å²) in [5.74, 6) is 0.314. The highest BCUT2D eigenvalue weighted by molar-refractivity contribution is 5.94. The molecular formula is C14H19NO3. The van der Waals surface area contributed by atoms with E-state index in [0.29, 0.717) is 5.56 Å². The highest BCUT2D eigenvalue weighted by Gasteiger charge is 2.40. The third-order valence-corrected chi connectivity index (χ3v) is 4.35. The molecule has 4 nitrogen and oxygen atoms in total. The summed E-state index contributed by atoms with van der Waals surface area (Å²) < 4.78 is 4.98. The van der Waals surface area contributed by atoms with E-state index in [1.54, 1.807) is 6.07 Å². The largest absolute Gasteiger partial charge is 0.472 e. The van der Waals surface area contributed by atoms with Gasteiger partial charge in [0.1, 0.15) is 6.26 Å². The molecule has 1 aliphatic heterocycles. The number of hydrogen-bond donors (Lipinski definition) is 1. The summed E-state index contributed by atoms with van der Waals surface area (Å²) in [6, 6.07) is 1.92. The number of aliphatic hydroxyl groups is 1. The molecule has 3 unspecified atom stereocenters. The van der Waals surface area contributed by atoms with Crippen LogP contribution in [0.5, 0.6) is 0 Å². The smallest absolute Gasteiger partial charge is 0.257 e. The maximum absolute atomic E-state index is 12.4. The van der Waals surface area contributed by atoms with Crippen LogP contribution in [0.1, 0.15) is 42.5 Å². The van der Waals surface area contributed by atoms with Crippen molar-refractivity contribution in [3.63, 3.8) is 0 Å². The highest BCUT2D eigenvalue weighted by Crippen LogP contribution is 2.36. The molecule has 0 radical (unpaired) electrons. The van der Waals surface area contributed by atoms with Crippen LogP contribution in [0.4, 0.5) is 0 Å². The van der Waals surface area contributed by atoms with Crippen LogP contribution >= 0.6 is 0 Å². The summed E-state index contributed by atoms with van der Waals surface area (Å²) in [5.41, 5.74) is 0.620. The fourth-order valence-electron chi connectivity index (χ4n) is 3.46. The van der Waals surface area contributed by atoms with Crippen molar-refractivity contribution in [2.45, 2.75) is 44.2 Å². The van der Waals surface area contributed by atoms with Crippen molar-refractivity contribution in [1.29, 1.82) is 0 Å². The van der Waals surface area contributed by atoms with Gasteiger partial charge in [-0.3, -0.25) is 4.79 Å². The molecule has 98 valence electrons. The van der Waals surface area contributed by atoms with Gasteiger partial charge in [-0.05, 0) is 31.7 Å². The van der Waals surface area contributed by atoms with Crippen LogP contribution < -0.4 is 0 Å². The summed E-state index contributed by atoms with van der Waals surface area (Å²) in [4.78, 5) is 14.3. The molecule has 1 aliphatic carbocycles. The molecule has 2 aliphatic rings. The molecule has 1 N–H and O–H groups in total. The van der Waals surface area contributed by atoms with Gasteiger partial charge in [0.2, 0.25) is 0 Å². The molecular weight excluding hydrogens is 230 g/mol. The van der Waals surface area contributed by atoms with Gasteiger partial charge in [0, 0.05) is 18.5 Å². The molecule has 4 heteroatoms. The van der Waals surface area contributed by atoms with Crippen molar-refractivity contribution in [2.75, 3.05) is 6.54 Å². The molecule has 0 aromatic carbocycles. The van der Waals surface area contributed by atoms with Gasteiger partial charge < -0.3 is 14.4 Å². The van der Waals surface area contributed by atoms with Gasteiger partial charge >= 0.3 is 0 Å². The summed E-state index contributed by atoms with van der Waals surface area (Å²) >= 11 is 0. The molecule has 1 aromatic heterocycles. The number of furan rings is 1. The first-order chi connectivity index (χ1) is 8.77. The first-order valence-corrected chi connectivity index (χ1v) is 6.78. The molecule has 1 saturated carbocycles. The Morgan fingerprint density at radius 2 is 2.22 bits per heavy atom. The Morgan fingerprint density at radius 3 is 2.89 bits per heavy atom. The van der Waals surface area contributed by atoms with E-state index in [0.717, 1.165) is 38.6 Å². The third-order valence-electron chi connectivity index (χ3n) is 4.35. The second-order valence-electron chi connectivity index (χ2n) is 5.38. The molecule has 3 rings (SSSR count). The fraction of sp³-hybridized carbons (Fsp3) is 0.643. The quantitative estimate of drug-likeness (QED) is 0.872. The van der Waals surface area contributed by atoms with Crippen molar-refractivity contribution >= 4 is 5.91 Å². The molecule has 18 heavy (non-hydrogen) atoms. The zero-order valence-corrected chi connectivity index (χ0v) is 10.4. The van der Waals surface area contributed by atoms with Crippen LogP contribution in [0, 0.1) is 5.92 Å². The molecule has 3 atom stereocenters. The van der Waals surface area contributed by atoms with Gasteiger partial charge in [0.15, 0.2) is 0 Å². The highest BCUT2D eigenvalue weighted by atomic mass is 16.3. The monoisotopic (exact) mass is 249 g/mol. The van der Waals surface area contributed by atoms with E-state index in [-0.39, 0.29) is 24.0 Å². The van der Waals surface area contributed by atoms with Crippen molar-refractivity contribution < 1.29 is 14.3 Å². The Balaban J connectivity index is 1.77. The maximum atomic E-state index is 12.4. The molecule has 0 bridgehead atoms. The molecule has 2 heterocycles. The number of amides is 1. The zero-order valence-electron chi connectivity index (χ0n) is 10.4. The zero-order chi connectivity index (χ0) is 12.5. The van der Waals surface area contributed by atoms with Crippen LogP contribution in [0.3, 0.4) is 0 Å². The minimum absolute atomic E-state index is 0.0466. The van der Waals surface area contributed by atoms with E-state index in [2.05, 4.69) is 0 Å². The Hall–Kier alpha value is -1.29. The van der Waals surface area contributed by atoms with E-state index in [4.69, 9.17) is 4.42 Å². The standard InChI is InChI=1S/C14H19NO3/c16-13-5-1-3-11(13)12-4-2-7-15(12)14(17)10-6-8-18-9-10/h6,8-9,11-13,16H,1-5,7H2. The lowest BCUT2D eigenvalue weighted by Crippen LogP contribution is -2.42. The molecule has 1 amide bonds. The first kappa shape index (κ1) is 11.8. The average molecular weight is 249 g/mol. The van der Waals surface area contributed by atoms with Gasteiger partial charge in [-0.25, -0.2) is 0 Å².